The van der Waals surface area contributed by atoms with Crippen molar-refractivity contribution < 1.29 is 12.6 Å². The van der Waals surface area contributed by atoms with Gasteiger partial charge in [0.05, 0.1) is 10.7 Å². The molecule has 1 N–H and O–H groups in total. The summed E-state index contributed by atoms with van der Waals surface area (Å²) >= 11 is 12.4. The number of hydrogen-bond donors (Lipinski definition) is 1. The van der Waals surface area contributed by atoms with E-state index < -0.39 is 10.1 Å². The molecule has 0 fully saturated rings. The highest BCUT2D eigenvalue weighted by molar-refractivity contribution is 7.87. The lowest BCUT2D eigenvalue weighted by atomic mass is 9.93. The zero-order chi connectivity index (χ0) is 23.6. The fraction of sp³-hybridized carbons (Fsp3) is 0.280. The van der Waals surface area contributed by atoms with Crippen LogP contribution in [0.3, 0.4) is 0 Å². The quantitative estimate of drug-likeness (QED) is 0.339. The van der Waals surface area contributed by atoms with Gasteiger partial charge in [-0.15, -0.1) is 0 Å². The Morgan fingerprint density at radius 2 is 1.41 bits per heavy atom. The Balaban J connectivity index is 2.09. The molecule has 0 radical (unpaired) electrons. The molecule has 3 rings (SSSR count). The van der Waals surface area contributed by atoms with Gasteiger partial charge in [-0.1, -0.05) is 68.6 Å². The van der Waals surface area contributed by atoms with Gasteiger partial charge in [-0.05, 0) is 61.2 Å². The van der Waals surface area contributed by atoms with Crippen LogP contribution in [0.5, 0.6) is 5.75 Å². The number of halogens is 2. The Kier molecular flexibility index (Phi) is 7.43. The first-order valence-corrected chi connectivity index (χ1v) is 12.6. The first-order valence-electron chi connectivity index (χ1n) is 10.4. The third kappa shape index (κ3) is 5.58. The van der Waals surface area contributed by atoms with E-state index in [1.54, 1.807) is 42.5 Å². The molecule has 3 aromatic rings. The molecule has 0 atom stereocenters. The highest BCUT2D eigenvalue weighted by atomic mass is 35.5. The molecular weight excluding hydrogens is 465 g/mol. The van der Waals surface area contributed by atoms with Crippen molar-refractivity contribution >= 4 is 44.7 Å². The van der Waals surface area contributed by atoms with Crippen LogP contribution in [0, 0.1) is 6.92 Å². The zero-order valence-electron chi connectivity index (χ0n) is 18.7. The molecule has 3 aromatic carbocycles. The summed E-state index contributed by atoms with van der Waals surface area (Å²) in [6, 6.07) is 15.6. The molecule has 7 heteroatoms. The van der Waals surface area contributed by atoms with Crippen LogP contribution in [-0.2, 0) is 10.1 Å². The van der Waals surface area contributed by atoms with Crippen LogP contribution in [-0.4, -0.2) is 8.42 Å². The number of anilines is 2. The van der Waals surface area contributed by atoms with Crippen molar-refractivity contribution in [2.75, 3.05) is 5.32 Å². The Bertz CT molecular complexity index is 1190. The fourth-order valence-corrected chi connectivity index (χ4v) is 4.63. The minimum Gasteiger partial charge on any atom is -0.378 e. The largest absolute Gasteiger partial charge is 0.378 e. The molecule has 170 valence electrons. The number of benzene rings is 3. The average Bonchev–Trinajstić information content (AvgIpc) is 2.71. The third-order valence-corrected chi connectivity index (χ3v) is 6.90. The Morgan fingerprint density at radius 1 is 0.844 bits per heavy atom. The number of nitrogens with one attached hydrogen (secondary N) is 1. The summed E-state index contributed by atoms with van der Waals surface area (Å²) in [6.07, 6.45) is 0. The van der Waals surface area contributed by atoms with Crippen LogP contribution in [0.15, 0.2) is 59.5 Å². The smallest absolute Gasteiger partial charge is 0.339 e. The summed E-state index contributed by atoms with van der Waals surface area (Å²) in [5.41, 5.74) is 4.00. The van der Waals surface area contributed by atoms with Gasteiger partial charge in [0.2, 0.25) is 0 Å². The van der Waals surface area contributed by atoms with E-state index in [0.29, 0.717) is 21.5 Å². The molecule has 0 saturated heterocycles. The molecule has 0 saturated carbocycles. The molecule has 4 nitrogen and oxygen atoms in total. The van der Waals surface area contributed by atoms with Gasteiger partial charge in [0.25, 0.3) is 0 Å². The molecule has 32 heavy (non-hydrogen) atoms. The number of rotatable bonds is 7. The molecule has 0 spiro atoms. The van der Waals surface area contributed by atoms with Gasteiger partial charge in [0.1, 0.15) is 10.6 Å². The zero-order valence-corrected chi connectivity index (χ0v) is 21.1. The van der Waals surface area contributed by atoms with Crippen molar-refractivity contribution in [3.05, 3.63) is 81.3 Å². The monoisotopic (exact) mass is 491 g/mol. The average molecular weight is 492 g/mol. The maximum Gasteiger partial charge on any atom is 0.339 e. The summed E-state index contributed by atoms with van der Waals surface area (Å²) in [6.45, 7) is 9.91. The minimum absolute atomic E-state index is 0.0206. The molecular formula is C25H27Cl2NO3S. The Hall–Kier alpha value is -2.21. The van der Waals surface area contributed by atoms with E-state index in [-0.39, 0.29) is 16.7 Å². The van der Waals surface area contributed by atoms with Gasteiger partial charge < -0.3 is 9.50 Å². The number of aryl methyl sites for hydroxylation is 1. The molecule has 0 unspecified atom stereocenters. The summed E-state index contributed by atoms with van der Waals surface area (Å²) in [7, 11) is -3.99. The SMILES string of the molecule is Cc1ccc(S(=O)(=O)Oc2c(C(C)C)cc(Nc3cc(Cl)ccc3Cl)cc2C(C)C)cc1. The van der Waals surface area contributed by atoms with E-state index in [4.69, 9.17) is 27.4 Å². The van der Waals surface area contributed by atoms with E-state index in [0.717, 1.165) is 22.4 Å². The van der Waals surface area contributed by atoms with Gasteiger partial charge >= 0.3 is 10.1 Å². The summed E-state index contributed by atoms with van der Waals surface area (Å²) in [4.78, 5) is 0.125. The topological polar surface area (TPSA) is 55.4 Å². The van der Waals surface area contributed by atoms with Crippen LogP contribution >= 0.6 is 23.2 Å². The van der Waals surface area contributed by atoms with Crippen LogP contribution in [0.2, 0.25) is 10.0 Å². The number of hydrogen-bond acceptors (Lipinski definition) is 4. The predicted molar refractivity (Wildman–Crippen MR) is 133 cm³/mol. The van der Waals surface area contributed by atoms with Gasteiger partial charge in [0.15, 0.2) is 0 Å². The van der Waals surface area contributed by atoms with E-state index in [1.165, 1.54) is 0 Å². The van der Waals surface area contributed by atoms with E-state index in [2.05, 4.69) is 5.32 Å². The standard InChI is InChI=1S/C25H27Cl2NO3S/c1-15(2)21-13-19(28-24-12-18(26)8-11-23(24)27)14-22(16(3)4)25(21)31-32(29,30)20-9-6-17(5)7-10-20/h6-16,28H,1-5H3. The Morgan fingerprint density at radius 3 is 1.94 bits per heavy atom. The second kappa shape index (κ2) is 9.74. The molecule has 0 aliphatic heterocycles. The fourth-order valence-electron chi connectivity index (χ4n) is 3.31. The summed E-state index contributed by atoms with van der Waals surface area (Å²) in [5.74, 6) is 0.415. The molecule has 0 heterocycles. The van der Waals surface area contributed by atoms with E-state index >= 15 is 0 Å². The van der Waals surface area contributed by atoms with Crippen molar-refractivity contribution in [3.63, 3.8) is 0 Å². The lowest BCUT2D eigenvalue weighted by molar-refractivity contribution is 0.476. The highest BCUT2D eigenvalue weighted by Crippen LogP contribution is 2.40. The molecule has 0 bridgehead atoms. The summed E-state index contributed by atoms with van der Waals surface area (Å²) < 4.78 is 31.9. The maximum atomic E-state index is 13.1. The second-order valence-corrected chi connectivity index (χ2v) is 10.8. The van der Waals surface area contributed by atoms with Crippen molar-refractivity contribution in [2.45, 2.75) is 51.3 Å². The van der Waals surface area contributed by atoms with E-state index in [9.17, 15) is 8.42 Å². The normalized spacial score (nSPS) is 11.8. The highest BCUT2D eigenvalue weighted by Gasteiger charge is 2.24. The minimum atomic E-state index is -3.99. The van der Waals surface area contributed by atoms with Gasteiger partial charge in [-0.25, -0.2) is 0 Å². The van der Waals surface area contributed by atoms with Crippen molar-refractivity contribution in [3.8, 4) is 5.75 Å². The molecule has 0 aliphatic rings. The molecule has 0 amide bonds. The maximum absolute atomic E-state index is 13.1. The third-order valence-electron chi connectivity index (χ3n) is 5.10. The molecule has 0 aromatic heterocycles. The van der Waals surface area contributed by atoms with Crippen LogP contribution < -0.4 is 9.50 Å². The van der Waals surface area contributed by atoms with Crippen molar-refractivity contribution in [1.82, 2.24) is 0 Å². The van der Waals surface area contributed by atoms with Crippen LogP contribution in [0.1, 0.15) is 56.2 Å². The lowest BCUT2D eigenvalue weighted by Gasteiger charge is -2.22. The first-order chi connectivity index (χ1) is 15.0. The van der Waals surface area contributed by atoms with Crippen molar-refractivity contribution in [1.29, 1.82) is 0 Å². The molecule has 0 aliphatic carbocycles. The Labute approximate surface area is 200 Å². The van der Waals surface area contributed by atoms with Crippen LogP contribution in [0.4, 0.5) is 11.4 Å². The first kappa shape index (κ1) is 24.4. The van der Waals surface area contributed by atoms with Gasteiger partial charge in [-0.3, -0.25) is 0 Å². The van der Waals surface area contributed by atoms with Crippen molar-refractivity contribution in [2.24, 2.45) is 0 Å². The predicted octanol–water partition coefficient (Wildman–Crippen LogP) is 8.06. The van der Waals surface area contributed by atoms with Gasteiger partial charge in [-0.2, -0.15) is 8.42 Å². The second-order valence-electron chi connectivity index (χ2n) is 8.39. The van der Waals surface area contributed by atoms with Crippen LogP contribution in [0.25, 0.3) is 0 Å². The summed E-state index contributed by atoms with van der Waals surface area (Å²) in [5, 5.41) is 4.41. The lowest BCUT2D eigenvalue weighted by Crippen LogP contribution is -2.14. The van der Waals surface area contributed by atoms with Gasteiger partial charge in [0, 0.05) is 21.8 Å². The van der Waals surface area contributed by atoms with E-state index in [1.807, 2.05) is 46.8 Å².